The molecule has 0 aliphatic rings. The number of hydrogen-bond donors (Lipinski definition) is 1. The molecule has 0 aliphatic carbocycles. The van der Waals surface area contributed by atoms with Crippen LogP contribution in [-0.2, 0) is 10.2 Å². The number of rotatable bonds is 2. The number of esters is 1. The number of nitrogens with two attached hydrogens (primary N) is 1. The van der Waals surface area contributed by atoms with Gasteiger partial charge in [0.05, 0.1) is 18.6 Å². The second-order valence-electron chi connectivity index (χ2n) is 4.36. The van der Waals surface area contributed by atoms with Crippen molar-refractivity contribution in [2.45, 2.75) is 33.1 Å². The van der Waals surface area contributed by atoms with Crippen molar-refractivity contribution in [1.82, 2.24) is 0 Å². The Labute approximate surface area is 89.4 Å². The van der Waals surface area contributed by atoms with Crippen LogP contribution >= 0.6 is 0 Å². The molecule has 0 bridgehead atoms. The van der Waals surface area contributed by atoms with Gasteiger partial charge in [0, 0.05) is 5.56 Å². The van der Waals surface area contributed by atoms with Crippen molar-refractivity contribution in [3.63, 3.8) is 0 Å². The fourth-order valence-electron chi connectivity index (χ4n) is 1.30. The van der Waals surface area contributed by atoms with Gasteiger partial charge in [-0.25, -0.2) is 4.79 Å². The van der Waals surface area contributed by atoms with Crippen molar-refractivity contribution in [3.05, 3.63) is 17.6 Å². The number of carbonyl (C=O) groups excluding carboxylic acids is 1. The highest BCUT2D eigenvalue weighted by atomic mass is 16.5. The molecule has 0 radical (unpaired) electrons. The summed E-state index contributed by atoms with van der Waals surface area (Å²) in [4.78, 5) is 11.4. The van der Waals surface area contributed by atoms with Crippen molar-refractivity contribution in [3.8, 4) is 0 Å². The van der Waals surface area contributed by atoms with Gasteiger partial charge in [-0.05, 0) is 12.3 Å². The summed E-state index contributed by atoms with van der Waals surface area (Å²) in [6, 6.07) is 0. The molecule has 84 valence electrons. The van der Waals surface area contributed by atoms with E-state index in [0.29, 0.717) is 12.3 Å². The van der Waals surface area contributed by atoms with E-state index in [0.717, 1.165) is 5.56 Å². The zero-order chi connectivity index (χ0) is 11.6. The molecule has 4 heteroatoms. The van der Waals surface area contributed by atoms with E-state index in [2.05, 4.69) is 0 Å². The van der Waals surface area contributed by atoms with Gasteiger partial charge >= 0.3 is 5.97 Å². The Balaban J connectivity index is 3.04. The molecule has 0 amide bonds. The Morgan fingerprint density at radius 3 is 2.53 bits per heavy atom. The number of nitrogen functional groups attached to an aromatic ring is 1. The lowest BCUT2D eigenvalue weighted by molar-refractivity contribution is 0.0492. The summed E-state index contributed by atoms with van der Waals surface area (Å²) >= 11 is 0. The van der Waals surface area contributed by atoms with E-state index in [4.69, 9.17) is 14.9 Å². The molecule has 15 heavy (non-hydrogen) atoms. The van der Waals surface area contributed by atoms with Gasteiger partial charge in [0.15, 0.2) is 0 Å². The van der Waals surface area contributed by atoms with E-state index in [1.165, 1.54) is 6.26 Å². The van der Waals surface area contributed by atoms with Crippen molar-refractivity contribution < 1.29 is 13.9 Å². The summed E-state index contributed by atoms with van der Waals surface area (Å²) < 4.78 is 9.96. The second-order valence-corrected chi connectivity index (χ2v) is 4.36. The number of carbonyl (C=O) groups is 1. The molecule has 1 aromatic rings. The fourth-order valence-corrected chi connectivity index (χ4v) is 1.30. The Hall–Kier alpha value is -1.45. The molecule has 0 aliphatic heterocycles. The lowest BCUT2D eigenvalue weighted by Crippen LogP contribution is -2.13. The largest absolute Gasteiger partial charge is 0.460 e. The minimum absolute atomic E-state index is 0.0989. The van der Waals surface area contributed by atoms with Gasteiger partial charge in [0.1, 0.15) is 0 Å². The smallest absolute Gasteiger partial charge is 0.376 e. The monoisotopic (exact) mass is 211 g/mol. The van der Waals surface area contributed by atoms with Crippen LogP contribution in [0.25, 0.3) is 0 Å². The summed E-state index contributed by atoms with van der Waals surface area (Å²) in [6.45, 7) is 8.06. The van der Waals surface area contributed by atoms with Crippen LogP contribution in [0.3, 0.4) is 0 Å². The molecule has 1 aromatic heterocycles. The highest BCUT2D eigenvalue weighted by molar-refractivity contribution is 5.93. The van der Waals surface area contributed by atoms with Crippen LogP contribution in [0.15, 0.2) is 10.7 Å². The van der Waals surface area contributed by atoms with Gasteiger partial charge in [0.2, 0.25) is 5.76 Å². The number of hydrogen-bond acceptors (Lipinski definition) is 4. The predicted octanol–water partition coefficient (Wildman–Crippen LogP) is 2.34. The highest BCUT2D eigenvalue weighted by Gasteiger charge is 2.25. The van der Waals surface area contributed by atoms with E-state index in [9.17, 15) is 4.79 Å². The van der Waals surface area contributed by atoms with Crippen LogP contribution in [0, 0.1) is 0 Å². The molecule has 0 unspecified atom stereocenters. The highest BCUT2D eigenvalue weighted by Crippen LogP contribution is 2.31. The first kappa shape index (κ1) is 11.6. The zero-order valence-electron chi connectivity index (χ0n) is 9.59. The maximum absolute atomic E-state index is 11.4. The van der Waals surface area contributed by atoms with Crippen molar-refractivity contribution >= 4 is 11.7 Å². The van der Waals surface area contributed by atoms with Crippen molar-refractivity contribution in [2.24, 2.45) is 0 Å². The van der Waals surface area contributed by atoms with Gasteiger partial charge < -0.3 is 14.9 Å². The summed E-state index contributed by atoms with van der Waals surface area (Å²) in [6.07, 6.45) is 1.52. The lowest BCUT2D eigenvalue weighted by atomic mass is 9.88. The molecular weight excluding hydrogens is 194 g/mol. The molecule has 0 saturated heterocycles. The van der Waals surface area contributed by atoms with Crippen LogP contribution in [0.5, 0.6) is 0 Å². The third kappa shape index (κ3) is 2.32. The zero-order valence-corrected chi connectivity index (χ0v) is 9.59. The average molecular weight is 211 g/mol. The van der Waals surface area contributed by atoms with Crippen LogP contribution in [0.4, 0.5) is 5.69 Å². The second kappa shape index (κ2) is 3.96. The van der Waals surface area contributed by atoms with Gasteiger partial charge in [-0.1, -0.05) is 20.8 Å². The standard InChI is InChI=1S/C11H17NO3/c1-5-14-10(13)9-8(12)7(6-15-9)11(2,3)4/h6H,5,12H2,1-4H3. The molecule has 0 atom stereocenters. The normalized spacial score (nSPS) is 11.5. The van der Waals surface area contributed by atoms with Crippen LogP contribution in [0.1, 0.15) is 43.8 Å². The van der Waals surface area contributed by atoms with Crippen LogP contribution in [0.2, 0.25) is 0 Å². The molecule has 1 rings (SSSR count). The van der Waals surface area contributed by atoms with Gasteiger partial charge in [-0.2, -0.15) is 0 Å². The SMILES string of the molecule is CCOC(=O)c1occ(C(C)(C)C)c1N. The van der Waals surface area contributed by atoms with E-state index in [1.54, 1.807) is 6.92 Å². The van der Waals surface area contributed by atoms with Crippen molar-refractivity contribution in [2.75, 3.05) is 12.3 Å². The number of anilines is 1. The molecule has 2 N–H and O–H groups in total. The van der Waals surface area contributed by atoms with E-state index >= 15 is 0 Å². The molecule has 0 saturated carbocycles. The van der Waals surface area contributed by atoms with Gasteiger partial charge in [-0.15, -0.1) is 0 Å². The topological polar surface area (TPSA) is 65.5 Å². The maximum atomic E-state index is 11.4. The predicted molar refractivity (Wildman–Crippen MR) is 57.8 cm³/mol. The summed E-state index contributed by atoms with van der Waals surface area (Å²) in [7, 11) is 0. The van der Waals surface area contributed by atoms with Gasteiger partial charge in [0.25, 0.3) is 0 Å². The lowest BCUT2D eigenvalue weighted by Gasteiger charge is -2.16. The Morgan fingerprint density at radius 2 is 2.13 bits per heavy atom. The first-order chi connectivity index (χ1) is 6.88. The Bertz CT molecular complexity index is 360. The minimum Gasteiger partial charge on any atom is -0.460 e. The molecule has 4 nitrogen and oxygen atoms in total. The summed E-state index contributed by atoms with van der Waals surface area (Å²) in [5.41, 5.74) is 6.89. The Morgan fingerprint density at radius 1 is 1.53 bits per heavy atom. The molecule has 0 fully saturated rings. The van der Waals surface area contributed by atoms with E-state index < -0.39 is 5.97 Å². The summed E-state index contributed by atoms with van der Waals surface area (Å²) in [5, 5.41) is 0. The third-order valence-corrected chi connectivity index (χ3v) is 2.10. The molecule has 0 spiro atoms. The maximum Gasteiger partial charge on any atom is 0.376 e. The van der Waals surface area contributed by atoms with E-state index in [-0.39, 0.29) is 11.2 Å². The van der Waals surface area contributed by atoms with Crippen molar-refractivity contribution in [1.29, 1.82) is 0 Å². The first-order valence-electron chi connectivity index (χ1n) is 4.92. The van der Waals surface area contributed by atoms with Crippen LogP contribution < -0.4 is 5.73 Å². The fraction of sp³-hybridized carbons (Fsp3) is 0.545. The number of ether oxygens (including phenoxy) is 1. The molecular formula is C11H17NO3. The quantitative estimate of drug-likeness (QED) is 0.762. The third-order valence-electron chi connectivity index (χ3n) is 2.10. The molecule has 0 aromatic carbocycles. The van der Waals surface area contributed by atoms with Gasteiger partial charge in [-0.3, -0.25) is 0 Å². The summed E-state index contributed by atoms with van der Waals surface area (Å²) in [5.74, 6) is -0.410. The average Bonchev–Trinajstić information content (AvgIpc) is 2.46. The minimum atomic E-state index is -0.509. The molecule has 1 heterocycles. The first-order valence-corrected chi connectivity index (χ1v) is 4.92. The number of furan rings is 1. The van der Waals surface area contributed by atoms with Crippen LogP contribution in [-0.4, -0.2) is 12.6 Å². The van der Waals surface area contributed by atoms with E-state index in [1.807, 2.05) is 20.8 Å². The Kier molecular flexibility index (Phi) is 3.07.